The summed E-state index contributed by atoms with van der Waals surface area (Å²) >= 11 is 5.90. The fraction of sp³-hybridized carbons (Fsp3) is 0.111. The fourth-order valence-electron chi connectivity index (χ4n) is 2.35. The molecule has 0 amide bonds. The van der Waals surface area contributed by atoms with E-state index in [1.54, 1.807) is 30.3 Å². The number of nitrogens with two attached hydrogens (primary N) is 1. The average molecular weight is 393 g/mol. The van der Waals surface area contributed by atoms with Gasteiger partial charge in [-0.05, 0) is 42.0 Å². The molecule has 0 unspecified atom stereocenters. The Bertz CT molecular complexity index is 943. The molecule has 6 nitrogen and oxygen atoms in total. The van der Waals surface area contributed by atoms with Gasteiger partial charge >= 0.3 is 5.69 Å². The molecule has 3 aromatic rings. The molecule has 0 atom stereocenters. The van der Waals surface area contributed by atoms with Crippen LogP contribution in [0.4, 0.5) is 0 Å². The first-order valence-corrected chi connectivity index (χ1v) is 7.98. The van der Waals surface area contributed by atoms with Crippen LogP contribution in [-0.4, -0.2) is 28.2 Å². The number of hydrogen-bond acceptors (Lipinski definition) is 5. The number of ether oxygens (including phenoxy) is 1. The Kier molecular flexibility index (Phi) is 6.63. The summed E-state index contributed by atoms with van der Waals surface area (Å²) in [4.78, 5) is 18.7. The van der Waals surface area contributed by atoms with Crippen molar-refractivity contribution in [2.75, 3.05) is 13.2 Å². The Morgan fingerprint density at radius 3 is 2.50 bits per heavy atom. The number of aromatic hydroxyl groups is 1. The van der Waals surface area contributed by atoms with E-state index in [1.807, 2.05) is 12.1 Å². The van der Waals surface area contributed by atoms with Crippen LogP contribution in [0.2, 0.25) is 5.02 Å². The summed E-state index contributed by atoms with van der Waals surface area (Å²) in [5.41, 5.74) is 7.48. The second-order valence-corrected chi connectivity index (χ2v) is 5.75. The van der Waals surface area contributed by atoms with Crippen LogP contribution < -0.4 is 28.6 Å². The van der Waals surface area contributed by atoms with Crippen molar-refractivity contribution in [3.05, 3.63) is 64.0 Å². The average Bonchev–Trinajstić information content (AvgIpc) is 2.61. The van der Waals surface area contributed by atoms with E-state index in [0.717, 1.165) is 5.56 Å². The molecule has 0 aliphatic heterocycles. The summed E-state index contributed by atoms with van der Waals surface area (Å²) in [6, 6.07) is 13.6. The van der Waals surface area contributed by atoms with Gasteiger partial charge in [0, 0.05) is 17.1 Å². The molecule has 8 heteroatoms. The number of nitrogens with zero attached hydrogens (tertiary/aromatic N) is 1. The smallest absolute Gasteiger partial charge is 0.345 e. The normalized spacial score (nSPS) is 10.2. The molecule has 0 saturated carbocycles. The zero-order chi connectivity index (χ0) is 17.8. The van der Waals surface area contributed by atoms with Crippen LogP contribution in [0.1, 0.15) is 0 Å². The molecule has 0 aliphatic carbocycles. The fourth-order valence-corrected chi connectivity index (χ4v) is 2.47. The second kappa shape index (κ2) is 8.71. The van der Waals surface area contributed by atoms with E-state index >= 15 is 0 Å². The molecule has 0 aliphatic rings. The van der Waals surface area contributed by atoms with Gasteiger partial charge in [-0.25, -0.2) is 4.79 Å². The van der Waals surface area contributed by atoms with Gasteiger partial charge < -0.3 is 33.0 Å². The van der Waals surface area contributed by atoms with Gasteiger partial charge in [0.1, 0.15) is 6.61 Å². The van der Waals surface area contributed by atoms with E-state index in [4.69, 9.17) is 22.1 Å². The lowest BCUT2D eigenvalue weighted by Gasteiger charge is -2.10. The van der Waals surface area contributed by atoms with E-state index < -0.39 is 5.69 Å². The molecule has 0 bridgehead atoms. The number of aromatic amines is 1. The first-order valence-electron chi connectivity index (χ1n) is 7.60. The van der Waals surface area contributed by atoms with Crippen molar-refractivity contribution in [3.8, 4) is 34.0 Å². The highest BCUT2D eigenvalue weighted by Crippen LogP contribution is 2.31. The third kappa shape index (κ3) is 4.54. The van der Waals surface area contributed by atoms with Gasteiger partial charge in [0.25, 0.3) is 0 Å². The monoisotopic (exact) mass is 392 g/mol. The molecule has 1 aromatic heterocycles. The molecule has 2 aromatic carbocycles. The Balaban J connectivity index is 0.00000243. The Morgan fingerprint density at radius 2 is 1.81 bits per heavy atom. The molecule has 0 spiro atoms. The quantitative estimate of drug-likeness (QED) is 0.558. The number of benzene rings is 2. The molecule has 0 radical (unpaired) electrons. The largest absolute Gasteiger partial charge is 1.00 e. The highest BCUT2D eigenvalue weighted by molar-refractivity contribution is 6.30. The SMILES string of the molecule is NCCOc1cc(-c2cc(-c3ccc(Cl)cc3)[nH]c(=O)n2)ccc1O.[Cl-]. The lowest BCUT2D eigenvalue weighted by molar-refractivity contribution is -0.00000640. The molecule has 0 saturated heterocycles. The van der Waals surface area contributed by atoms with Gasteiger partial charge in [-0.15, -0.1) is 0 Å². The minimum Gasteiger partial charge on any atom is -1.00 e. The number of phenolic OH excluding ortho intramolecular Hbond substituents is 1. The third-order valence-corrected chi connectivity index (χ3v) is 3.78. The van der Waals surface area contributed by atoms with Gasteiger partial charge in [-0.2, -0.15) is 4.98 Å². The van der Waals surface area contributed by atoms with E-state index in [-0.39, 0.29) is 30.5 Å². The molecular formula is C18H16Cl2N3O3-. The summed E-state index contributed by atoms with van der Waals surface area (Å²) in [6.07, 6.45) is 0. The third-order valence-electron chi connectivity index (χ3n) is 3.53. The van der Waals surface area contributed by atoms with Gasteiger partial charge in [0.05, 0.1) is 11.4 Å². The van der Waals surface area contributed by atoms with Gasteiger partial charge in [-0.1, -0.05) is 23.7 Å². The lowest BCUT2D eigenvalue weighted by atomic mass is 10.1. The van der Waals surface area contributed by atoms with Crippen molar-refractivity contribution in [1.82, 2.24) is 9.97 Å². The number of hydrogen-bond donors (Lipinski definition) is 3. The van der Waals surface area contributed by atoms with Crippen LogP contribution in [-0.2, 0) is 0 Å². The minimum atomic E-state index is -0.472. The molecule has 26 heavy (non-hydrogen) atoms. The van der Waals surface area contributed by atoms with Crippen LogP contribution in [0.3, 0.4) is 0 Å². The number of aromatic nitrogens is 2. The first kappa shape index (κ1) is 19.8. The van der Waals surface area contributed by atoms with Crippen LogP contribution >= 0.6 is 11.6 Å². The van der Waals surface area contributed by atoms with Crippen LogP contribution in [0.15, 0.2) is 53.3 Å². The number of rotatable bonds is 5. The van der Waals surface area contributed by atoms with Gasteiger partial charge in [-0.3, -0.25) is 0 Å². The van der Waals surface area contributed by atoms with Crippen LogP contribution in [0, 0.1) is 0 Å². The van der Waals surface area contributed by atoms with E-state index in [2.05, 4.69) is 9.97 Å². The van der Waals surface area contributed by atoms with Gasteiger partial charge in [0.15, 0.2) is 11.5 Å². The molecule has 3 rings (SSSR count). The molecule has 136 valence electrons. The molecular weight excluding hydrogens is 377 g/mol. The van der Waals surface area contributed by atoms with Crippen molar-refractivity contribution in [3.63, 3.8) is 0 Å². The molecule has 0 fully saturated rings. The summed E-state index contributed by atoms with van der Waals surface area (Å²) in [5.74, 6) is 0.290. The van der Waals surface area contributed by atoms with E-state index in [9.17, 15) is 9.90 Å². The maximum Gasteiger partial charge on any atom is 0.345 e. The van der Waals surface area contributed by atoms with Crippen molar-refractivity contribution in [1.29, 1.82) is 0 Å². The first-order chi connectivity index (χ1) is 12.1. The standard InChI is InChI=1S/C18H16ClN3O3.ClH/c19-13-4-1-11(2-5-13)14-10-15(22-18(24)21-14)12-3-6-16(23)17(9-12)25-8-7-20;/h1-6,9-10,23H,7-8,20H2,(H,21,22,24);1H/p-1. The van der Waals surface area contributed by atoms with Crippen molar-refractivity contribution in [2.45, 2.75) is 0 Å². The van der Waals surface area contributed by atoms with Crippen LogP contribution in [0.5, 0.6) is 11.5 Å². The van der Waals surface area contributed by atoms with Crippen molar-refractivity contribution < 1.29 is 22.3 Å². The zero-order valence-electron chi connectivity index (χ0n) is 13.6. The summed E-state index contributed by atoms with van der Waals surface area (Å²) in [5, 5.41) is 10.5. The maximum atomic E-state index is 12.0. The lowest BCUT2D eigenvalue weighted by Crippen LogP contribution is -3.00. The zero-order valence-corrected chi connectivity index (χ0v) is 15.1. The Labute approximate surface area is 161 Å². The van der Waals surface area contributed by atoms with Crippen molar-refractivity contribution in [2.24, 2.45) is 5.73 Å². The van der Waals surface area contributed by atoms with E-state index in [1.165, 1.54) is 6.07 Å². The van der Waals surface area contributed by atoms with Crippen molar-refractivity contribution >= 4 is 11.6 Å². The second-order valence-electron chi connectivity index (χ2n) is 5.31. The number of H-pyrrole nitrogens is 1. The Morgan fingerprint density at radius 1 is 1.12 bits per heavy atom. The Hall–Kier alpha value is -2.54. The highest BCUT2D eigenvalue weighted by atomic mass is 35.5. The minimum absolute atomic E-state index is 0. The number of halogens is 2. The predicted octanol–water partition coefficient (Wildman–Crippen LogP) is -0.196. The van der Waals surface area contributed by atoms with Gasteiger partial charge in [0.2, 0.25) is 0 Å². The maximum absolute atomic E-state index is 12.0. The molecule has 4 N–H and O–H groups in total. The summed E-state index contributed by atoms with van der Waals surface area (Å²) in [6.45, 7) is 0.601. The number of nitrogens with one attached hydrogen (secondary N) is 1. The predicted molar refractivity (Wildman–Crippen MR) is 97.0 cm³/mol. The summed E-state index contributed by atoms with van der Waals surface area (Å²) < 4.78 is 5.40. The van der Waals surface area contributed by atoms with E-state index in [0.29, 0.717) is 28.5 Å². The summed E-state index contributed by atoms with van der Waals surface area (Å²) in [7, 11) is 0. The highest BCUT2D eigenvalue weighted by Gasteiger charge is 2.10. The number of phenols is 1. The topological polar surface area (TPSA) is 101 Å². The van der Waals surface area contributed by atoms with Crippen LogP contribution in [0.25, 0.3) is 22.5 Å². The molecule has 1 heterocycles.